The van der Waals surface area contributed by atoms with Crippen LogP contribution in [0.15, 0.2) is 30.3 Å². The molecule has 1 aliphatic carbocycles. The first-order chi connectivity index (χ1) is 14.0. The largest absolute Gasteiger partial charge is 0.341 e. The second kappa shape index (κ2) is 8.17. The van der Waals surface area contributed by atoms with Crippen LogP contribution in [0.4, 0.5) is 4.79 Å². The monoisotopic (exact) mass is 397 g/mol. The standard InChI is InChI=1S/C23H31N3O3/c1-2-13-23(19-10-4-3-5-11-19)21(28)26(22(29)24-23)16-20(27)25-14-12-17-8-6-7-9-18(17)15-25/h3-5,10-11,17-18H,2,6-9,12-16H2,1H3,(H,24,29)/t17-,18+,23+/m0/s1. The van der Waals surface area contributed by atoms with Crippen LogP contribution in [-0.2, 0) is 15.1 Å². The van der Waals surface area contributed by atoms with Gasteiger partial charge in [-0.1, -0.05) is 62.9 Å². The number of fused-ring (bicyclic) bond motifs is 1. The maximum atomic E-state index is 13.3. The predicted molar refractivity (Wildman–Crippen MR) is 110 cm³/mol. The average Bonchev–Trinajstić information content (AvgIpc) is 2.99. The van der Waals surface area contributed by atoms with E-state index in [-0.39, 0.29) is 18.4 Å². The topological polar surface area (TPSA) is 69.7 Å². The molecule has 2 aliphatic heterocycles. The Labute approximate surface area is 172 Å². The van der Waals surface area contributed by atoms with Gasteiger partial charge in [0.25, 0.3) is 5.91 Å². The van der Waals surface area contributed by atoms with Crippen molar-refractivity contribution in [3.63, 3.8) is 0 Å². The van der Waals surface area contributed by atoms with Gasteiger partial charge >= 0.3 is 6.03 Å². The smallest absolute Gasteiger partial charge is 0.325 e. The van der Waals surface area contributed by atoms with Crippen molar-refractivity contribution in [3.05, 3.63) is 35.9 Å². The van der Waals surface area contributed by atoms with Crippen LogP contribution in [0.25, 0.3) is 0 Å². The van der Waals surface area contributed by atoms with Crippen LogP contribution < -0.4 is 5.32 Å². The fourth-order valence-corrected chi connectivity index (χ4v) is 5.44. The zero-order valence-corrected chi connectivity index (χ0v) is 17.2. The molecule has 0 bridgehead atoms. The van der Waals surface area contributed by atoms with Gasteiger partial charge in [-0.15, -0.1) is 0 Å². The van der Waals surface area contributed by atoms with Crippen molar-refractivity contribution in [1.29, 1.82) is 0 Å². The normalized spacial score (nSPS) is 29.6. The third-order valence-electron chi connectivity index (χ3n) is 7.00. The molecule has 0 radical (unpaired) electrons. The van der Waals surface area contributed by atoms with Crippen LogP contribution in [0, 0.1) is 11.8 Å². The van der Waals surface area contributed by atoms with Crippen molar-refractivity contribution < 1.29 is 14.4 Å². The lowest BCUT2D eigenvalue weighted by Gasteiger charge is -2.41. The minimum Gasteiger partial charge on any atom is -0.341 e. The van der Waals surface area contributed by atoms with Crippen LogP contribution in [0.2, 0.25) is 0 Å². The van der Waals surface area contributed by atoms with Crippen molar-refractivity contribution in [2.24, 2.45) is 11.8 Å². The van der Waals surface area contributed by atoms with Gasteiger partial charge in [0, 0.05) is 13.1 Å². The highest BCUT2D eigenvalue weighted by molar-refractivity contribution is 6.09. The Kier molecular flexibility index (Phi) is 5.61. The fraction of sp³-hybridized carbons (Fsp3) is 0.609. The highest BCUT2D eigenvalue weighted by Gasteiger charge is 2.52. The lowest BCUT2D eigenvalue weighted by Crippen LogP contribution is -2.49. The van der Waals surface area contributed by atoms with Gasteiger partial charge in [0.1, 0.15) is 12.1 Å². The zero-order valence-electron chi connectivity index (χ0n) is 17.2. The molecule has 3 aliphatic rings. The summed E-state index contributed by atoms with van der Waals surface area (Å²) in [4.78, 5) is 42.0. The molecule has 0 spiro atoms. The summed E-state index contributed by atoms with van der Waals surface area (Å²) in [5, 5.41) is 2.90. The molecule has 1 N–H and O–H groups in total. The third-order valence-corrected chi connectivity index (χ3v) is 7.00. The molecule has 2 heterocycles. The van der Waals surface area contributed by atoms with E-state index in [4.69, 9.17) is 0 Å². The van der Waals surface area contributed by atoms with Gasteiger partial charge in [-0.3, -0.25) is 14.5 Å². The van der Waals surface area contributed by atoms with E-state index in [2.05, 4.69) is 5.32 Å². The van der Waals surface area contributed by atoms with Gasteiger partial charge in [0.15, 0.2) is 0 Å². The molecule has 156 valence electrons. The molecular formula is C23H31N3O3. The van der Waals surface area contributed by atoms with E-state index in [1.807, 2.05) is 42.2 Å². The summed E-state index contributed by atoms with van der Waals surface area (Å²) in [6.45, 7) is 3.33. The minimum atomic E-state index is -1.07. The van der Waals surface area contributed by atoms with Gasteiger partial charge in [-0.05, 0) is 36.7 Å². The highest BCUT2D eigenvalue weighted by atomic mass is 16.2. The van der Waals surface area contributed by atoms with Crippen molar-refractivity contribution in [1.82, 2.24) is 15.1 Å². The van der Waals surface area contributed by atoms with Gasteiger partial charge in [0.05, 0.1) is 0 Å². The Balaban J connectivity index is 1.48. The summed E-state index contributed by atoms with van der Waals surface area (Å²) in [6, 6.07) is 8.90. The summed E-state index contributed by atoms with van der Waals surface area (Å²) < 4.78 is 0. The average molecular weight is 398 g/mol. The summed E-state index contributed by atoms with van der Waals surface area (Å²) in [5.41, 5.74) is -0.290. The van der Waals surface area contributed by atoms with Gasteiger partial charge < -0.3 is 10.2 Å². The Bertz CT molecular complexity index is 781. The van der Waals surface area contributed by atoms with E-state index in [1.54, 1.807) is 0 Å². The van der Waals surface area contributed by atoms with Crippen LogP contribution in [-0.4, -0.2) is 47.3 Å². The Morgan fingerprint density at radius 1 is 1.10 bits per heavy atom. The molecule has 1 aromatic rings. The van der Waals surface area contributed by atoms with Crippen molar-refractivity contribution in [3.8, 4) is 0 Å². The maximum Gasteiger partial charge on any atom is 0.325 e. The minimum absolute atomic E-state index is 0.113. The number of carbonyl (C=O) groups is 3. The Hall–Kier alpha value is -2.37. The van der Waals surface area contributed by atoms with Crippen molar-refractivity contribution in [2.75, 3.05) is 19.6 Å². The number of rotatable bonds is 5. The number of piperidine rings is 1. The Morgan fingerprint density at radius 2 is 1.83 bits per heavy atom. The zero-order chi connectivity index (χ0) is 20.4. The van der Waals surface area contributed by atoms with Crippen LogP contribution in [0.1, 0.15) is 57.4 Å². The lowest BCUT2D eigenvalue weighted by atomic mass is 9.75. The molecule has 3 fully saturated rings. The van der Waals surface area contributed by atoms with Crippen molar-refractivity contribution in [2.45, 2.75) is 57.4 Å². The predicted octanol–water partition coefficient (Wildman–Crippen LogP) is 3.27. The third kappa shape index (κ3) is 3.65. The fourth-order valence-electron chi connectivity index (χ4n) is 5.44. The first-order valence-corrected chi connectivity index (χ1v) is 11.0. The summed E-state index contributed by atoms with van der Waals surface area (Å²) in [5.74, 6) is 0.891. The summed E-state index contributed by atoms with van der Waals surface area (Å²) in [6.07, 6.45) is 7.31. The highest BCUT2D eigenvalue weighted by Crippen LogP contribution is 2.37. The molecule has 6 heteroatoms. The molecule has 29 heavy (non-hydrogen) atoms. The number of likely N-dealkylation sites (tertiary alicyclic amines) is 1. The number of carbonyl (C=O) groups excluding carboxylic acids is 3. The first-order valence-electron chi connectivity index (χ1n) is 11.0. The van der Waals surface area contributed by atoms with Crippen LogP contribution in [0.5, 0.6) is 0 Å². The molecule has 2 saturated heterocycles. The number of hydrogen-bond donors (Lipinski definition) is 1. The molecular weight excluding hydrogens is 366 g/mol. The molecule has 1 saturated carbocycles. The van der Waals surface area contributed by atoms with E-state index < -0.39 is 11.6 Å². The number of hydrogen-bond acceptors (Lipinski definition) is 3. The number of urea groups is 1. The summed E-state index contributed by atoms with van der Waals surface area (Å²) >= 11 is 0. The number of amides is 4. The second-order valence-corrected chi connectivity index (χ2v) is 8.78. The van der Waals surface area contributed by atoms with E-state index in [1.165, 1.54) is 25.7 Å². The van der Waals surface area contributed by atoms with Gasteiger partial charge in [-0.25, -0.2) is 4.79 Å². The number of benzene rings is 1. The molecule has 4 amide bonds. The molecule has 6 nitrogen and oxygen atoms in total. The molecule has 3 atom stereocenters. The van der Waals surface area contributed by atoms with Gasteiger partial charge in [0.2, 0.25) is 5.91 Å². The van der Waals surface area contributed by atoms with Crippen molar-refractivity contribution >= 4 is 17.8 Å². The second-order valence-electron chi connectivity index (χ2n) is 8.78. The number of nitrogens with zero attached hydrogens (tertiary/aromatic N) is 2. The van der Waals surface area contributed by atoms with E-state index >= 15 is 0 Å². The first kappa shape index (κ1) is 19.9. The summed E-state index contributed by atoms with van der Waals surface area (Å²) in [7, 11) is 0. The molecule has 0 aromatic heterocycles. The van der Waals surface area contributed by atoms with E-state index in [0.717, 1.165) is 42.3 Å². The number of imide groups is 1. The quantitative estimate of drug-likeness (QED) is 0.775. The van der Waals surface area contributed by atoms with E-state index in [9.17, 15) is 14.4 Å². The molecule has 0 unspecified atom stereocenters. The molecule has 1 aromatic carbocycles. The molecule has 4 rings (SSSR count). The van der Waals surface area contributed by atoms with Gasteiger partial charge in [-0.2, -0.15) is 0 Å². The lowest BCUT2D eigenvalue weighted by molar-refractivity contribution is -0.141. The SMILES string of the molecule is CCC[C@]1(c2ccccc2)NC(=O)N(CC(=O)N2CC[C@@H]3CCCC[C@@H]3C2)C1=O. The van der Waals surface area contributed by atoms with Crippen LogP contribution >= 0.6 is 0 Å². The number of nitrogens with one attached hydrogen (secondary N) is 1. The van der Waals surface area contributed by atoms with Crippen LogP contribution in [0.3, 0.4) is 0 Å². The Morgan fingerprint density at radius 3 is 2.55 bits per heavy atom. The van der Waals surface area contributed by atoms with E-state index in [0.29, 0.717) is 12.3 Å². The maximum absolute atomic E-state index is 13.3.